The van der Waals surface area contributed by atoms with Crippen molar-refractivity contribution in [3.05, 3.63) is 89.1 Å². The molecule has 6 N–H and O–H groups in total. The van der Waals surface area contributed by atoms with E-state index in [0.717, 1.165) is 12.1 Å². The summed E-state index contributed by atoms with van der Waals surface area (Å²) in [7, 11) is 4.90. The number of nitrogens with two attached hydrogens (primary N) is 1. The molecule has 0 atom stereocenters. The monoisotopic (exact) mass is 646 g/mol. The molecule has 0 bridgehead atoms. The molecule has 4 aromatic rings. The Hall–Kier alpha value is -5.71. The van der Waals surface area contributed by atoms with Crippen LogP contribution in [0.15, 0.2) is 77.5 Å². The van der Waals surface area contributed by atoms with Gasteiger partial charge >= 0.3 is 12.2 Å². The number of aromatic nitrogens is 3. The van der Waals surface area contributed by atoms with Crippen molar-refractivity contribution < 1.29 is 32.3 Å². The minimum atomic E-state index is -4.64. The Morgan fingerprint density at radius 1 is 0.978 bits per heavy atom. The van der Waals surface area contributed by atoms with E-state index in [0.29, 0.717) is 17.2 Å². The number of primary amides is 1. The number of imidazole rings is 1. The summed E-state index contributed by atoms with van der Waals surface area (Å²) < 4.78 is 44.5. The number of alkyl halides is 3. The largest absolute Gasteiger partial charge is 0.457 e. The second kappa shape index (κ2) is 15.1. The van der Waals surface area contributed by atoms with Gasteiger partial charge in [-0.3, -0.25) is 19.6 Å². The van der Waals surface area contributed by atoms with Gasteiger partial charge in [0.25, 0.3) is 11.8 Å². The highest BCUT2D eigenvalue weighted by Gasteiger charge is 2.33. The smallest absolute Gasteiger partial charge is 0.417 e. The van der Waals surface area contributed by atoms with E-state index in [1.165, 1.54) is 36.7 Å². The first-order valence-corrected chi connectivity index (χ1v) is 13.0. The van der Waals surface area contributed by atoms with Crippen LogP contribution in [0.1, 0.15) is 26.5 Å². The van der Waals surface area contributed by atoms with Crippen LogP contribution in [0.5, 0.6) is 11.5 Å². The lowest BCUT2D eigenvalue weighted by atomic mass is 10.2. The maximum absolute atomic E-state index is 12.9. The maximum atomic E-state index is 12.9. The van der Waals surface area contributed by atoms with Gasteiger partial charge in [-0.15, -0.1) is 5.11 Å². The van der Waals surface area contributed by atoms with Crippen molar-refractivity contribution in [1.82, 2.24) is 25.3 Å². The second-order valence-corrected chi connectivity index (χ2v) is 9.26. The Balaban J connectivity index is 0.000000355. The number of rotatable bonds is 8. The number of H-pyrrole nitrogens is 1. The molecule has 236 valence electrons. The lowest BCUT2D eigenvalue weighted by Gasteiger charge is -2.12. The number of halogens is 4. The Morgan fingerprint density at radius 2 is 1.64 bits per heavy atom. The van der Waals surface area contributed by atoms with Crippen LogP contribution >= 0.6 is 11.6 Å². The van der Waals surface area contributed by atoms with Gasteiger partial charge in [0, 0.05) is 44.8 Å². The van der Waals surface area contributed by atoms with E-state index >= 15 is 0 Å². The molecule has 0 saturated heterocycles. The zero-order valence-electron chi connectivity index (χ0n) is 23.8. The molecule has 0 aliphatic heterocycles. The predicted octanol–water partition coefficient (Wildman–Crippen LogP) is 5.62. The molecule has 14 nitrogen and oxygen atoms in total. The molecule has 0 aliphatic carbocycles. The SMILES string of the molecule is CN(C)/N=N/c1nc[nH]c1C(N)=O.CNC(=O)c1cc(Oc2ccc(NC(=O)Nc3ccc(Cl)c(C(F)(F)F)c3)cc2)ccn1. The van der Waals surface area contributed by atoms with Crippen LogP contribution in [-0.4, -0.2) is 58.9 Å². The van der Waals surface area contributed by atoms with Crippen LogP contribution in [0, 0.1) is 0 Å². The zero-order valence-corrected chi connectivity index (χ0v) is 24.6. The molecule has 4 rings (SSSR count). The first kappa shape index (κ1) is 33.8. The van der Waals surface area contributed by atoms with Gasteiger partial charge in [-0.1, -0.05) is 16.8 Å². The van der Waals surface area contributed by atoms with E-state index in [4.69, 9.17) is 22.1 Å². The molecule has 0 aliphatic rings. The van der Waals surface area contributed by atoms with Crippen LogP contribution < -0.4 is 26.4 Å². The highest BCUT2D eigenvalue weighted by Crippen LogP contribution is 2.36. The number of ether oxygens (including phenoxy) is 1. The minimum Gasteiger partial charge on any atom is -0.457 e. The van der Waals surface area contributed by atoms with Gasteiger partial charge < -0.3 is 31.4 Å². The average Bonchev–Trinajstić information content (AvgIpc) is 3.47. The fraction of sp³-hybridized carbons (Fsp3) is 0.148. The van der Waals surface area contributed by atoms with E-state index in [9.17, 15) is 27.6 Å². The normalized spacial score (nSPS) is 10.8. The summed E-state index contributed by atoms with van der Waals surface area (Å²) >= 11 is 5.57. The molecule has 0 unspecified atom stereocenters. The lowest BCUT2D eigenvalue weighted by Crippen LogP contribution is -2.19. The summed E-state index contributed by atoms with van der Waals surface area (Å²) in [5, 5.41) is 15.7. The number of carbonyl (C=O) groups excluding carboxylic acids is 3. The van der Waals surface area contributed by atoms with Gasteiger partial charge in [0.1, 0.15) is 17.2 Å². The molecule has 0 spiro atoms. The molecule has 4 amide bonds. The molecular weight excluding hydrogens is 621 g/mol. The van der Waals surface area contributed by atoms with Crippen LogP contribution in [0.3, 0.4) is 0 Å². The maximum Gasteiger partial charge on any atom is 0.417 e. The summed E-state index contributed by atoms with van der Waals surface area (Å²) in [6.07, 6.45) is -1.87. The molecule has 2 aromatic heterocycles. The number of nitrogens with zero attached hydrogens (tertiary/aromatic N) is 5. The van der Waals surface area contributed by atoms with Gasteiger partial charge in [-0.2, -0.15) is 13.2 Å². The lowest BCUT2D eigenvalue weighted by molar-refractivity contribution is -0.137. The first-order chi connectivity index (χ1) is 21.3. The van der Waals surface area contributed by atoms with E-state index < -0.39 is 28.7 Å². The van der Waals surface area contributed by atoms with E-state index in [-0.39, 0.29) is 28.8 Å². The average molecular weight is 647 g/mol. The van der Waals surface area contributed by atoms with Crippen molar-refractivity contribution in [3.8, 4) is 11.5 Å². The van der Waals surface area contributed by atoms with Gasteiger partial charge in [0.15, 0.2) is 5.69 Å². The van der Waals surface area contributed by atoms with Crippen LogP contribution in [0.4, 0.5) is 35.2 Å². The number of urea groups is 1. The number of hydrogen-bond donors (Lipinski definition) is 5. The number of hydrogen-bond acceptors (Lipinski definition) is 8. The number of anilines is 2. The fourth-order valence-electron chi connectivity index (χ4n) is 3.26. The summed E-state index contributed by atoms with van der Waals surface area (Å²) in [5.74, 6) is 0.0493. The molecular formula is C27H26ClF3N10O4. The standard InChI is InChI=1S/C21H16ClF3N4O3.C6H10N6O/c1-26-19(30)18-11-15(8-9-27-18)32-14-5-2-12(3-6-14)28-20(31)29-13-4-7-17(22)16(10-13)21(23,24)25;1-12(2)11-10-6-4(5(7)13)8-3-9-6/h2-11H,1H3,(H,26,30)(H2,28,29,31);3H,1-2H3,(H2,7,13)(H,8,9)/b;11-10+. The molecule has 2 heterocycles. The fourth-order valence-corrected chi connectivity index (χ4v) is 3.48. The molecule has 0 fully saturated rings. The predicted molar refractivity (Wildman–Crippen MR) is 159 cm³/mol. The topological polar surface area (TPSA) is 192 Å². The Morgan fingerprint density at radius 3 is 2.27 bits per heavy atom. The van der Waals surface area contributed by atoms with Crippen molar-refractivity contribution in [1.29, 1.82) is 0 Å². The van der Waals surface area contributed by atoms with E-state index in [1.807, 2.05) is 0 Å². The highest BCUT2D eigenvalue weighted by atomic mass is 35.5. The Labute approximate surface area is 258 Å². The summed E-state index contributed by atoms with van der Waals surface area (Å²) in [6.45, 7) is 0. The van der Waals surface area contributed by atoms with Crippen molar-refractivity contribution in [2.45, 2.75) is 6.18 Å². The number of aromatic amines is 1. The quantitative estimate of drug-likeness (QED) is 0.121. The zero-order chi connectivity index (χ0) is 33.1. The highest BCUT2D eigenvalue weighted by molar-refractivity contribution is 6.31. The van der Waals surface area contributed by atoms with Crippen LogP contribution in [0.2, 0.25) is 5.02 Å². The summed E-state index contributed by atoms with van der Waals surface area (Å²) in [5.41, 5.74) is 4.65. The van der Waals surface area contributed by atoms with Gasteiger partial charge in [0.05, 0.1) is 16.9 Å². The second-order valence-electron chi connectivity index (χ2n) is 8.86. The van der Waals surface area contributed by atoms with Crippen molar-refractivity contribution in [2.24, 2.45) is 16.1 Å². The first-order valence-electron chi connectivity index (χ1n) is 12.6. The molecule has 0 saturated carbocycles. The third-order valence-electron chi connectivity index (χ3n) is 5.25. The molecule has 18 heteroatoms. The minimum absolute atomic E-state index is 0.0659. The van der Waals surface area contributed by atoms with Crippen molar-refractivity contribution in [3.63, 3.8) is 0 Å². The third kappa shape index (κ3) is 10.2. The molecule has 45 heavy (non-hydrogen) atoms. The van der Waals surface area contributed by atoms with Gasteiger partial charge in [-0.25, -0.2) is 9.78 Å². The van der Waals surface area contributed by atoms with Crippen LogP contribution in [-0.2, 0) is 6.18 Å². The Kier molecular flexibility index (Phi) is 11.4. The van der Waals surface area contributed by atoms with Crippen molar-refractivity contribution >= 4 is 46.6 Å². The van der Waals surface area contributed by atoms with Gasteiger partial charge in [-0.05, 0) is 48.5 Å². The van der Waals surface area contributed by atoms with Crippen molar-refractivity contribution in [2.75, 3.05) is 31.8 Å². The molecule has 2 aromatic carbocycles. The summed E-state index contributed by atoms with van der Waals surface area (Å²) in [6, 6.07) is 11.6. The number of carbonyl (C=O) groups is 3. The van der Waals surface area contributed by atoms with E-state index in [2.05, 4.69) is 41.2 Å². The summed E-state index contributed by atoms with van der Waals surface area (Å²) in [4.78, 5) is 44.8. The number of benzene rings is 2. The number of nitrogens with one attached hydrogen (secondary N) is 4. The third-order valence-corrected chi connectivity index (χ3v) is 5.58. The molecule has 0 radical (unpaired) electrons. The van der Waals surface area contributed by atoms with E-state index in [1.54, 1.807) is 44.4 Å². The Bertz CT molecular complexity index is 1680. The number of pyridine rings is 1. The van der Waals surface area contributed by atoms with Crippen LogP contribution in [0.25, 0.3) is 0 Å². The number of amides is 4. The van der Waals surface area contributed by atoms with Gasteiger partial charge in [0.2, 0.25) is 5.82 Å².